The van der Waals surface area contributed by atoms with Gasteiger partial charge in [0.1, 0.15) is 0 Å². The van der Waals surface area contributed by atoms with Gasteiger partial charge in [0.2, 0.25) is 0 Å². The average molecular weight is 735 g/mol. The molecule has 6 aromatic rings. The van der Waals surface area contributed by atoms with Crippen LogP contribution in [0.15, 0.2) is 97.1 Å². The fourth-order valence-electron chi connectivity index (χ4n) is 5.64. The first-order chi connectivity index (χ1) is 22.4. The predicted molar refractivity (Wildman–Crippen MR) is 198 cm³/mol. The number of hydrogen-bond donors (Lipinski definition) is 0. The van der Waals surface area contributed by atoms with Gasteiger partial charge in [0.25, 0.3) is 0 Å². The van der Waals surface area contributed by atoms with Crippen molar-refractivity contribution in [3.05, 3.63) is 155 Å². The van der Waals surface area contributed by atoms with Crippen molar-refractivity contribution in [2.45, 2.75) is 67.0 Å². The maximum atomic E-state index is 13.9. The minimum absolute atomic E-state index is 0. The van der Waals surface area contributed by atoms with Gasteiger partial charge in [0.05, 0.1) is 16.1 Å². The van der Waals surface area contributed by atoms with E-state index in [1.807, 2.05) is 97.5 Å². The van der Waals surface area contributed by atoms with Crippen LogP contribution in [0.25, 0.3) is 11.4 Å². The van der Waals surface area contributed by atoms with E-state index >= 15 is 0 Å². The second-order valence-corrected chi connectivity index (χ2v) is 23.8. The van der Waals surface area contributed by atoms with Crippen LogP contribution in [0.1, 0.15) is 22.8 Å². The Hall–Kier alpha value is -3.43. The van der Waals surface area contributed by atoms with Crippen molar-refractivity contribution in [3.8, 4) is 11.4 Å². The van der Waals surface area contributed by atoms with Gasteiger partial charge >= 0.3 is 21.7 Å². The van der Waals surface area contributed by atoms with E-state index < -0.39 is 39.4 Å². The molecule has 4 aromatic carbocycles. The molecule has 0 aliphatic carbocycles. The summed E-state index contributed by atoms with van der Waals surface area (Å²) in [6, 6.07) is 33.8. The van der Waals surface area contributed by atoms with E-state index in [0.717, 1.165) is 22.8 Å². The van der Waals surface area contributed by atoms with Crippen LogP contribution in [-0.4, -0.2) is 25.3 Å². The van der Waals surface area contributed by atoms with Gasteiger partial charge in [-0.25, -0.2) is 41.8 Å². The average Bonchev–Trinajstić information content (AvgIpc) is 3.81. The number of benzene rings is 2. The van der Waals surface area contributed by atoms with Gasteiger partial charge in [-0.15, -0.1) is 36.4 Å². The number of nitrogens with zero attached hydrogens (tertiary/aromatic N) is 2. The molecule has 0 unspecified atom stereocenters. The summed E-state index contributed by atoms with van der Waals surface area (Å²) in [6.45, 7) is 21.4. The molecule has 0 aliphatic heterocycles. The van der Waals surface area contributed by atoms with Crippen molar-refractivity contribution in [3.63, 3.8) is 0 Å². The molecule has 0 amide bonds. The molecule has 9 heteroatoms. The number of hydrogen-bond acceptors (Lipinski definition) is 0. The van der Waals surface area contributed by atoms with Crippen molar-refractivity contribution < 1.29 is 39.3 Å². The van der Waals surface area contributed by atoms with Crippen LogP contribution in [0.3, 0.4) is 0 Å². The van der Waals surface area contributed by atoms with Crippen molar-refractivity contribution in [2.75, 3.05) is 0 Å². The molecular formula is C40H46F4N2Si2Ti. The zero-order valence-corrected chi connectivity index (χ0v) is 33.7. The Kier molecular flexibility index (Phi) is 15.3. The van der Waals surface area contributed by atoms with Crippen LogP contribution in [0.2, 0.25) is 39.3 Å². The molecule has 0 bridgehead atoms. The van der Waals surface area contributed by atoms with E-state index in [1.165, 1.54) is 34.6 Å². The molecule has 0 atom stereocenters. The van der Waals surface area contributed by atoms with Gasteiger partial charge in [-0.2, -0.15) is 36.4 Å². The molecule has 0 fully saturated rings. The van der Waals surface area contributed by atoms with Gasteiger partial charge in [0.15, 0.2) is 0 Å². The molecule has 0 saturated heterocycles. The SMILES string of the molecule is Cc1cc([Si](C)(C)C)c(C)n1-c1ccc(F)[c-]c1F.Cc1cc([Si](C)(C)C)c(C)n1-c1ccc(F)[c-]c1F.[Ti+4].c1cc[cH-]c1.c1cc[cH-]c1. The molecule has 256 valence electrons. The van der Waals surface area contributed by atoms with E-state index in [0.29, 0.717) is 11.4 Å². The molecule has 0 saturated carbocycles. The monoisotopic (exact) mass is 734 g/mol. The first-order valence-corrected chi connectivity index (χ1v) is 22.9. The molecule has 0 radical (unpaired) electrons. The molecule has 0 spiro atoms. The van der Waals surface area contributed by atoms with Crippen LogP contribution < -0.4 is 10.4 Å². The van der Waals surface area contributed by atoms with E-state index in [1.54, 1.807) is 0 Å². The topological polar surface area (TPSA) is 9.86 Å². The Labute approximate surface area is 307 Å². The summed E-state index contributed by atoms with van der Waals surface area (Å²) in [5.74, 6) is -2.64. The Morgan fingerprint density at radius 2 is 0.837 bits per heavy atom. The summed E-state index contributed by atoms with van der Waals surface area (Å²) in [6.07, 6.45) is 0. The largest absolute Gasteiger partial charge is 4.00 e. The van der Waals surface area contributed by atoms with Crippen LogP contribution in [-0.2, 0) is 21.7 Å². The second kappa shape index (κ2) is 18.0. The van der Waals surface area contributed by atoms with Gasteiger partial charge < -0.3 is 9.13 Å². The van der Waals surface area contributed by atoms with Crippen molar-refractivity contribution in [1.82, 2.24) is 9.13 Å². The molecule has 2 heterocycles. The third-order valence-electron chi connectivity index (χ3n) is 7.75. The molecule has 49 heavy (non-hydrogen) atoms. The first-order valence-electron chi connectivity index (χ1n) is 15.9. The number of rotatable bonds is 4. The van der Waals surface area contributed by atoms with Gasteiger partial charge in [-0.1, -0.05) is 39.3 Å². The zero-order chi connectivity index (χ0) is 35.8. The Bertz CT molecular complexity index is 1700. The normalized spacial score (nSPS) is 10.9. The standard InChI is InChI=1S/2C15H18F2NSi.2C5H5.Ti/c2*1-10-8-15(19(3,4)5)11(2)18(10)14-7-6-12(16)9-13(14)17;2*1-2-4-5-3-1;/h2*6-8H,1-5H3;2*1-5H;/q4*-1;+4. The minimum atomic E-state index is -1.48. The summed E-state index contributed by atoms with van der Waals surface area (Å²) in [5.41, 5.74) is 4.73. The van der Waals surface area contributed by atoms with E-state index in [4.69, 9.17) is 0 Å². The number of aromatic nitrogens is 2. The first kappa shape index (κ1) is 41.7. The minimum Gasteiger partial charge on any atom is -0.370 e. The van der Waals surface area contributed by atoms with Crippen molar-refractivity contribution in [1.29, 1.82) is 0 Å². The van der Waals surface area contributed by atoms with Crippen molar-refractivity contribution >= 4 is 26.5 Å². The predicted octanol–water partition coefficient (Wildman–Crippen LogP) is 10.2. The smallest absolute Gasteiger partial charge is 0.370 e. The van der Waals surface area contributed by atoms with Gasteiger partial charge in [-0.3, -0.25) is 0 Å². The molecule has 2 nitrogen and oxygen atoms in total. The fraction of sp³-hybridized carbons (Fsp3) is 0.250. The summed E-state index contributed by atoms with van der Waals surface area (Å²) in [4.78, 5) is 0. The van der Waals surface area contributed by atoms with E-state index in [-0.39, 0.29) is 21.7 Å². The summed E-state index contributed by atoms with van der Waals surface area (Å²) < 4.78 is 57.4. The molecule has 0 aliphatic rings. The Morgan fingerprint density at radius 3 is 1.04 bits per heavy atom. The van der Waals surface area contributed by atoms with Crippen molar-refractivity contribution in [2.24, 2.45) is 0 Å². The third-order valence-corrected chi connectivity index (χ3v) is 12.0. The van der Waals surface area contributed by atoms with Crippen LogP contribution >= 0.6 is 0 Å². The Morgan fingerprint density at radius 1 is 0.531 bits per heavy atom. The maximum absolute atomic E-state index is 13.9. The Balaban J connectivity index is 0.000000260. The molecular weight excluding hydrogens is 688 g/mol. The zero-order valence-electron chi connectivity index (χ0n) is 30.1. The summed E-state index contributed by atoms with van der Waals surface area (Å²) >= 11 is 0. The molecule has 2 aromatic heterocycles. The van der Waals surface area contributed by atoms with Crippen LogP contribution in [0, 0.1) is 63.1 Å². The molecule has 6 rings (SSSR count). The quantitative estimate of drug-likeness (QED) is 0.0970. The third kappa shape index (κ3) is 11.3. The number of halogens is 4. The fourth-order valence-corrected chi connectivity index (χ4v) is 9.32. The summed E-state index contributed by atoms with van der Waals surface area (Å²) in [7, 11) is -2.95. The van der Waals surface area contributed by atoms with Crippen LogP contribution in [0.4, 0.5) is 17.6 Å². The second-order valence-electron chi connectivity index (χ2n) is 13.7. The van der Waals surface area contributed by atoms with E-state index in [9.17, 15) is 17.6 Å². The van der Waals surface area contributed by atoms with Gasteiger partial charge in [-0.05, 0) is 61.6 Å². The maximum Gasteiger partial charge on any atom is 4.00 e. The van der Waals surface area contributed by atoms with Gasteiger partial charge in [0, 0.05) is 46.0 Å². The number of aryl methyl sites for hydroxylation is 2. The van der Waals surface area contributed by atoms with E-state index in [2.05, 4.69) is 63.5 Å². The van der Waals surface area contributed by atoms with Crippen LogP contribution in [0.5, 0.6) is 0 Å². The molecule has 0 N–H and O–H groups in total. The summed E-state index contributed by atoms with van der Waals surface area (Å²) in [5, 5.41) is 2.60.